The number of carbonyl (C=O) groups is 1. The lowest BCUT2D eigenvalue weighted by molar-refractivity contribution is 0.0697. The average Bonchev–Trinajstić information content (AvgIpc) is 2.38. The zero-order chi connectivity index (χ0) is 13.0. The third kappa shape index (κ3) is 3.01. The van der Waals surface area contributed by atoms with E-state index in [1.807, 2.05) is 0 Å². The van der Waals surface area contributed by atoms with Crippen LogP contribution in [-0.2, 0) is 6.61 Å². The van der Waals surface area contributed by atoms with Crippen molar-refractivity contribution >= 4 is 11.7 Å². The van der Waals surface area contributed by atoms with E-state index >= 15 is 0 Å². The smallest absolute Gasteiger partial charge is 0.335 e. The Morgan fingerprint density at radius 2 is 1.67 bits per heavy atom. The summed E-state index contributed by atoms with van der Waals surface area (Å²) in [4.78, 5) is 10.7. The number of aromatic carboxylic acids is 1. The maximum Gasteiger partial charge on any atom is 0.335 e. The molecule has 0 fully saturated rings. The highest BCUT2D eigenvalue weighted by Crippen LogP contribution is 2.15. The van der Waals surface area contributed by atoms with Gasteiger partial charge in [0.1, 0.15) is 12.4 Å². The van der Waals surface area contributed by atoms with Crippen molar-refractivity contribution in [3.8, 4) is 5.75 Å². The Morgan fingerprint density at radius 3 is 2.22 bits per heavy atom. The molecule has 0 aromatic heterocycles. The number of benzene rings is 2. The van der Waals surface area contributed by atoms with Crippen LogP contribution in [0.3, 0.4) is 0 Å². The Balaban J connectivity index is 1.97. The van der Waals surface area contributed by atoms with Gasteiger partial charge >= 0.3 is 5.97 Å². The summed E-state index contributed by atoms with van der Waals surface area (Å²) in [6.07, 6.45) is 0. The first-order valence-corrected chi connectivity index (χ1v) is 5.46. The van der Waals surface area contributed by atoms with Gasteiger partial charge in [0.15, 0.2) is 0 Å². The SMILES string of the molecule is Nc1ccc(OCc2ccc(C(=O)O)cc2)cc1. The molecule has 0 unspecified atom stereocenters. The summed E-state index contributed by atoms with van der Waals surface area (Å²) in [5.74, 6) is -0.201. The summed E-state index contributed by atoms with van der Waals surface area (Å²) in [5.41, 5.74) is 7.44. The molecule has 4 nitrogen and oxygen atoms in total. The van der Waals surface area contributed by atoms with Crippen LogP contribution in [0.4, 0.5) is 5.69 Å². The van der Waals surface area contributed by atoms with E-state index < -0.39 is 5.97 Å². The molecule has 18 heavy (non-hydrogen) atoms. The Bertz CT molecular complexity index is 532. The van der Waals surface area contributed by atoms with Crippen LogP contribution in [0.1, 0.15) is 15.9 Å². The lowest BCUT2D eigenvalue weighted by Gasteiger charge is -2.06. The number of rotatable bonds is 4. The topological polar surface area (TPSA) is 72.5 Å². The van der Waals surface area contributed by atoms with Crippen LogP contribution in [-0.4, -0.2) is 11.1 Å². The van der Waals surface area contributed by atoms with Gasteiger partial charge in [-0.3, -0.25) is 0 Å². The van der Waals surface area contributed by atoms with Crippen LogP contribution >= 0.6 is 0 Å². The quantitative estimate of drug-likeness (QED) is 0.809. The number of nitrogens with two attached hydrogens (primary N) is 1. The van der Waals surface area contributed by atoms with E-state index in [9.17, 15) is 4.79 Å². The summed E-state index contributed by atoms with van der Waals surface area (Å²) in [6.45, 7) is 0.393. The van der Waals surface area contributed by atoms with Gasteiger partial charge in [0, 0.05) is 5.69 Å². The molecular formula is C14H13NO3. The van der Waals surface area contributed by atoms with Crippen molar-refractivity contribution in [1.82, 2.24) is 0 Å². The van der Waals surface area contributed by atoms with Gasteiger partial charge in [-0.15, -0.1) is 0 Å². The number of carboxylic acid groups (broad SMARTS) is 1. The summed E-state index contributed by atoms with van der Waals surface area (Å²) >= 11 is 0. The third-order valence-corrected chi connectivity index (χ3v) is 2.49. The molecule has 0 saturated carbocycles. The first kappa shape index (κ1) is 12.0. The minimum Gasteiger partial charge on any atom is -0.489 e. The van der Waals surface area contributed by atoms with Crippen molar-refractivity contribution in [2.45, 2.75) is 6.61 Å². The molecule has 0 aliphatic carbocycles. The number of hydrogen-bond donors (Lipinski definition) is 2. The fraction of sp³-hybridized carbons (Fsp3) is 0.0714. The number of nitrogen functional groups attached to an aromatic ring is 1. The fourth-order valence-corrected chi connectivity index (χ4v) is 1.47. The van der Waals surface area contributed by atoms with Crippen molar-refractivity contribution < 1.29 is 14.6 Å². The van der Waals surface area contributed by atoms with E-state index in [2.05, 4.69) is 0 Å². The van der Waals surface area contributed by atoms with Gasteiger partial charge in [0.25, 0.3) is 0 Å². The maximum absolute atomic E-state index is 10.7. The Hall–Kier alpha value is -2.49. The van der Waals surface area contributed by atoms with Gasteiger partial charge in [0.05, 0.1) is 5.56 Å². The van der Waals surface area contributed by atoms with E-state index in [0.29, 0.717) is 12.3 Å². The van der Waals surface area contributed by atoms with Crippen LogP contribution < -0.4 is 10.5 Å². The van der Waals surface area contributed by atoms with E-state index in [1.165, 1.54) is 0 Å². The van der Waals surface area contributed by atoms with Gasteiger partial charge in [-0.05, 0) is 42.0 Å². The molecule has 0 radical (unpaired) electrons. The molecule has 0 saturated heterocycles. The fourth-order valence-electron chi connectivity index (χ4n) is 1.47. The number of hydrogen-bond acceptors (Lipinski definition) is 3. The molecule has 0 spiro atoms. The molecule has 0 heterocycles. The Morgan fingerprint density at radius 1 is 1.06 bits per heavy atom. The monoisotopic (exact) mass is 243 g/mol. The van der Waals surface area contributed by atoms with Crippen molar-refractivity contribution in [2.75, 3.05) is 5.73 Å². The first-order chi connectivity index (χ1) is 8.65. The van der Waals surface area contributed by atoms with Crippen molar-refractivity contribution in [3.05, 3.63) is 59.7 Å². The van der Waals surface area contributed by atoms with Gasteiger partial charge in [-0.2, -0.15) is 0 Å². The van der Waals surface area contributed by atoms with Crippen LogP contribution in [0.2, 0.25) is 0 Å². The Kier molecular flexibility index (Phi) is 3.48. The van der Waals surface area contributed by atoms with Crippen molar-refractivity contribution in [3.63, 3.8) is 0 Å². The number of ether oxygens (including phenoxy) is 1. The predicted octanol–water partition coefficient (Wildman–Crippen LogP) is 2.55. The zero-order valence-electron chi connectivity index (χ0n) is 9.67. The lowest BCUT2D eigenvalue weighted by atomic mass is 10.1. The van der Waals surface area contributed by atoms with Gasteiger partial charge in [-0.1, -0.05) is 12.1 Å². The first-order valence-electron chi connectivity index (χ1n) is 5.46. The van der Waals surface area contributed by atoms with Gasteiger partial charge in [0.2, 0.25) is 0 Å². The van der Waals surface area contributed by atoms with Crippen LogP contribution in [0.25, 0.3) is 0 Å². The summed E-state index contributed by atoms with van der Waals surface area (Å²) in [5, 5.41) is 8.77. The van der Waals surface area contributed by atoms with Crippen molar-refractivity contribution in [2.24, 2.45) is 0 Å². The molecule has 0 aliphatic rings. The maximum atomic E-state index is 10.7. The summed E-state index contributed by atoms with van der Waals surface area (Å²) in [7, 11) is 0. The molecule has 92 valence electrons. The second kappa shape index (κ2) is 5.23. The molecular weight excluding hydrogens is 230 g/mol. The highest BCUT2D eigenvalue weighted by atomic mass is 16.5. The van der Waals surface area contributed by atoms with Crippen molar-refractivity contribution in [1.29, 1.82) is 0 Å². The molecule has 0 atom stereocenters. The van der Waals surface area contributed by atoms with E-state index in [0.717, 1.165) is 11.3 Å². The molecule has 2 aromatic rings. The molecule has 0 aliphatic heterocycles. The molecule has 0 bridgehead atoms. The van der Waals surface area contributed by atoms with Crippen LogP contribution in [0.15, 0.2) is 48.5 Å². The number of carboxylic acids is 1. The second-order valence-corrected chi connectivity index (χ2v) is 3.86. The number of anilines is 1. The van der Waals surface area contributed by atoms with Gasteiger partial charge in [-0.25, -0.2) is 4.79 Å². The molecule has 0 amide bonds. The predicted molar refractivity (Wildman–Crippen MR) is 68.6 cm³/mol. The normalized spacial score (nSPS) is 10.0. The largest absolute Gasteiger partial charge is 0.489 e. The highest BCUT2D eigenvalue weighted by molar-refractivity contribution is 5.87. The molecule has 3 N–H and O–H groups in total. The average molecular weight is 243 g/mol. The molecule has 4 heteroatoms. The minimum atomic E-state index is -0.930. The van der Waals surface area contributed by atoms with E-state index in [-0.39, 0.29) is 5.56 Å². The molecule has 2 aromatic carbocycles. The third-order valence-electron chi connectivity index (χ3n) is 2.49. The Labute approximate surface area is 105 Å². The van der Waals surface area contributed by atoms with Crippen LogP contribution in [0.5, 0.6) is 5.75 Å². The zero-order valence-corrected chi connectivity index (χ0v) is 9.67. The standard InChI is InChI=1S/C14H13NO3/c15-12-5-7-13(8-6-12)18-9-10-1-3-11(4-2-10)14(16)17/h1-8H,9,15H2,(H,16,17). The second-order valence-electron chi connectivity index (χ2n) is 3.86. The minimum absolute atomic E-state index is 0.270. The van der Waals surface area contributed by atoms with E-state index in [1.54, 1.807) is 48.5 Å². The van der Waals surface area contributed by atoms with Crippen LogP contribution in [0, 0.1) is 0 Å². The molecule has 2 rings (SSSR count). The summed E-state index contributed by atoms with van der Waals surface area (Å²) < 4.78 is 5.54. The van der Waals surface area contributed by atoms with E-state index in [4.69, 9.17) is 15.6 Å². The highest BCUT2D eigenvalue weighted by Gasteiger charge is 2.02. The van der Waals surface area contributed by atoms with Gasteiger partial charge < -0.3 is 15.6 Å². The lowest BCUT2D eigenvalue weighted by Crippen LogP contribution is -1.99. The summed E-state index contributed by atoms with van der Waals surface area (Å²) in [6, 6.07) is 13.7.